The zero-order valence-electron chi connectivity index (χ0n) is 10.3. The first-order valence-corrected chi connectivity index (χ1v) is 5.52. The molecule has 0 radical (unpaired) electrons. The lowest BCUT2D eigenvalue weighted by Crippen LogP contribution is -2.30. The minimum absolute atomic E-state index is 0.0750. The standard InChI is InChI=1S/C11H19N3O3/c1-14-7-10(13-9-14)3-4-12-11(15)8-17-6-5-16-2/h7,9H,3-6,8H2,1-2H3,(H,12,15). The van der Waals surface area contributed by atoms with Gasteiger partial charge in [0.2, 0.25) is 5.91 Å². The number of methoxy groups -OCH3 is 1. The van der Waals surface area contributed by atoms with Crippen molar-refractivity contribution in [2.75, 3.05) is 33.5 Å². The number of ether oxygens (including phenoxy) is 2. The van der Waals surface area contributed by atoms with Gasteiger partial charge >= 0.3 is 0 Å². The second kappa shape index (κ2) is 7.81. The summed E-state index contributed by atoms with van der Waals surface area (Å²) in [5, 5.41) is 2.76. The van der Waals surface area contributed by atoms with Crippen molar-refractivity contribution in [3.05, 3.63) is 18.2 Å². The monoisotopic (exact) mass is 241 g/mol. The Bertz CT molecular complexity index is 338. The number of imidazole rings is 1. The predicted octanol–water partition coefficient (Wildman–Crippen LogP) is -0.258. The zero-order valence-corrected chi connectivity index (χ0v) is 10.3. The van der Waals surface area contributed by atoms with Crippen molar-refractivity contribution < 1.29 is 14.3 Å². The van der Waals surface area contributed by atoms with Crippen LogP contribution < -0.4 is 5.32 Å². The Balaban J connectivity index is 2.04. The Hall–Kier alpha value is -1.40. The first-order valence-electron chi connectivity index (χ1n) is 5.52. The van der Waals surface area contributed by atoms with Gasteiger partial charge in [0.25, 0.3) is 0 Å². The maximum Gasteiger partial charge on any atom is 0.246 e. The van der Waals surface area contributed by atoms with Gasteiger partial charge in [-0.3, -0.25) is 4.79 Å². The second-order valence-electron chi connectivity index (χ2n) is 3.68. The van der Waals surface area contributed by atoms with Crippen LogP contribution in [-0.4, -0.2) is 48.9 Å². The van der Waals surface area contributed by atoms with Crippen LogP contribution in [0.15, 0.2) is 12.5 Å². The Kier molecular flexibility index (Phi) is 6.27. The Labute approximate surface area is 101 Å². The molecule has 0 aromatic carbocycles. The number of hydrogen-bond acceptors (Lipinski definition) is 4. The highest BCUT2D eigenvalue weighted by Gasteiger charge is 2.01. The summed E-state index contributed by atoms with van der Waals surface area (Å²) in [4.78, 5) is 15.5. The van der Waals surface area contributed by atoms with Crippen LogP contribution in [0.3, 0.4) is 0 Å². The molecule has 6 nitrogen and oxygen atoms in total. The Morgan fingerprint density at radius 3 is 3.00 bits per heavy atom. The van der Waals surface area contributed by atoms with Gasteiger partial charge in [-0.25, -0.2) is 4.98 Å². The molecule has 1 aromatic rings. The van der Waals surface area contributed by atoms with Gasteiger partial charge in [-0.1, -0.05) is 0 Å². The fraction of sp³-hybridized carbons (Fsp3) is 0.636. The molecule has 0 aliphatic heterocycles. The van der Waals surface area contributed by atoms with Crippen LogP contribution in [-0.2, 0) is 27.7 Å². The molecule has 0 aliphatic rings. The summed E-state index contributed by atoms with van der Waals surface area (Å²) >= 11 is 0. The van der Waals surface area contributed by atoms with Crippen molar-refractivity contribution in [2.45, 2.75) is 6.42 Å². The molecule has 1 aromatic heterocycles. The number of rotatable bonds is 8. The summed E-state index contributed by atoms with van der Waals surface area (Å²) in [6, 6.07) is 0. The maximum atomic E-state index is 11.3. The van der Waals surface area contributed by atoms with Crippen LogP contribution >= 0.6 is 0 Å². The molecule has 0 bridgehead atoms. The van der Waals surface area contributed by atoms with Crippen LogP contribution in [0, 0.1) is 0 Å². The second-order valence-corrected chi connectivity index (χ2v) is 3.68. The normalized spacial score (nSPS) is 10.5. The molecule has 0 saturated heterocycles. The summed E-state index contributed by atoms with van der Waals surface area (Å²) in [7, 11) is 3.51. The highest BCUT2D eigenvalue weighted by Crippen LogP contribution is 1.93. The van der Waals surface area contributed by atoms with Gasteiger partial charge in [-0.15, -0.1) is 0 Å². The summed E-state index contributed by atoms with van der Waals surface area (Å²) in [5.41, 5.74) is 0.966. The molecule has 0 saturated carbocycles. The van der Waals surface area contributed by atoms with Gasteiger partial charge < -0.3 is 19.4 Å². The number of amides is 1. The van der Waals surface area contributed by atoms with E-state index in [1.807, 2.05) is 17.8 Å². The maximum absolute atomic E-state index is 11.3. The smallest absolute Gasteiger partial charge is 0.246 e. The molecule has 1 amide bonds. The van der Waals surface area contributed by atoms with Crippen LogP contribution in [0.1, 0.15) is 5.69 Å². The number of aryl methyl sites for hydroxylation is 1. The van der Waals surface area contributed by atoms with Gasteiger partial charge in [-0.05, 0) is 0 Å². The molecule has 0 unspecified atom stereocenters. The van der Waals surface area contributed by atoms with E-state index in [-0.39, 0.29) is 12.5 Å². The third-order valence-corrected chi connectivity index (χ3v) is 2.13. The molecule has 6 heteroatoms. The van der Waals surface area contributed by atoms with Gasteiger partial charge in [-0.2, -0.15) is 0 Å². The van der Waals surface area contributed by atoms with E-state index in [0.717, 1.165) is 12.1 Å². The highest BCUT2D eigenvalue weighted by molar-refractivity contribution is 5.77. The molecule has 1 N–H and O–H groups in total. The first-order chi connectivity index (χ1) is 8.22. The molecule has 17 heavy (non-hydrogen) atoms. The summed E-state index contributed by atoms with van der Waals surface area (Å²) < 4.78 is 11.8. The van der Waals surface area contributed by atoms with Gasteiger partial charge in [0.1, 0.15) is 6.61 Å². The van der Waals surface area contributed by atoms with E-state index in [1.54, 1.807) is 13.4 Å². The van der Waals surface area contributed by atoms with Crippen molar-refractivity contribution in [2.24, 2.45) is 7.05 Å². The third-order valence-electron chi connectivity index (χ3n) is 2.13. The topological polar surface area (TPSA) is 65.4 Å². The number of hydrogen-bond donors (Lipinski definition) is 1. The Morgan fingerprint density at radius 2 is 2.35 bits per heavy atom. The summed E-state index contributed by atoms with van der Waals surface area (Å²) in [5.74, 6) is -0.114. The van der Waals surface area contributed by atoms with Crippen LogP contribution in [0.4, 0.5) is 0 Å². The first kappa shape index (κ1) is 13.7. The van der Waals surface area contributed by atoms with E-state index >= 15 is 0 Å². The number of aromatic nitrogens is 2. The average Bonchev–Trinajstić information content (AvgIpc) is 2.71. The average molecular weight is 241 g/mol. The minimum Gasteiger partial charge on any atom is -0.382 e. The van der Waals surface area contributed by atoms with Crippen molar-refractivity contribution in [1.82, 2.24) is 14.9 Å². The number of nitrogens with zero attached hydrogens (tertiary/aromatic N) is 2. The van der Waals surface area contributed by atoms with Gasteiger partial charge in [0.05, 0.1) is 25.2 Å². The molecule has 0 spiro atoms. The molecule has 0 atom stereocenters. The van der Waals surface area contributed by atoms with Crippen molar-refractivity contribution in [3.63, 3.8) is 0 Å². The lowest BCUT2D eigenvalue weighted by Gasteiger charge is -2.04. The molecule has 0 aliphatic carbocycles. The summed E-state index contributed by atoms with van der Waals surface area (Å²) in [6.07, 6.45) is 4.40. The quantitative estimate of drug-likeness (QED) is 0.637. The fourth-order valence-electron chi connectivity index (χ4n) is 1.28. The Morgan fingerprint density at radius 1 is 1.53 bits per heavy atom. The third kappa shape index (κ3) is 6.03. The van der Waals surface area contributed by atoms with E-state index in [0.29, 0.717) is 19.8 Å². The molecular formula is C11H19N3O3. The number of carbonyl (C=O) groups is 1. The molecule has 96 valence electrons. The zero-order chi connectivity index (χ0) is 12.5. The lowest BCUT2D eigenvalue weighted by atomic mass is 10.3. The minimum atomic E-state index is -0.114. The lowest BCUT2D eigenvalue weighted by molar-refractivity contribution is -0.126. The van der Waals surface area contributed by atoms with Crippen LogP contribution in [0.25, 0.3) is 0 Å². The van der Waals surface area contributed by atoms with Crippen molar-refractivity contribution in [3.8, 4) is 0 Å². The van der Waals surface area contributed by atoms with Crippen molar-refractivity contribution in [1.29, 1.82) is 0 Å². The summed E-state index contributed by atoms with van der Waals surface area (Å²) in [6.45, 7) is 1.58. The number of nitrogens with one attached hydrogen (secondary N) is 1. The fourth-order valence-corrected chi connectivity index (χ4v) is 1.28. The SMILES string of the molecule is COCCOCC(=O)NCCc1cn(C)cn1. The van der Waals surface area contributed by atoms with E-state index < -0.39 is 0 Å². The van der Waals surface area contributed by atoms with Crippen LogP contribution in [0.5, 0.6) is 0 Å². The van der Waals surface area contributed by atoms with E-state index in [9.17, 15) is 4.79 Å². The molecule has 1 heterocycles. The molecular weight excluding hydrogens is 222 g/mol. The van der Waals surface area contributed by atoms with Gasteiger partial charge in [0.15, 0.2) is 0 Å². The predicted molar refractivity (Wildman–Crippen MR) is 62.6 cm³/mol. The molecule has 1 rings (SSSR count). The van der Waals surface area contributed by atoms with Crippen molar-refractivity contribution >= 4 is 5.91 Å². The number of carbonyl (C=O) groups excluding carboxylic acids is 1. The van der Waals surface area contributed by atoms with E-state index in [2.05, 4.69) is 10.3 Å². The van der Waals surface area contributed by atoms with Gasteiger partial charge in [0, 0.05) is 33.3 Å². The van der Waals surface area contributed by atoms with Crippen LogP contribution in [0.2, 0.25) is 0 Å². The highest BCUT2D eigenvalue weighted by atomic mass is 16.5. The van der Waals surface area contributed by atoms with E-state index in [1.165, 1.54) is 0 Å². The van der Waals surface area contributed by atoms with E-state index in [4.69, 9.17) is 9.47 Å². The molecule has 0 fully saturated rings. The largest absolute Gasteiger partial charge is 0.382 e.